The smallest absolute Gasteiger partial charge is 0.320 e. The molecule has 2 heterocycles. The Bertz CT molecular complexity index is 625. The highest BCUT2D eigenvalue weighted by Crippen LogP contribution is 2.36. The predicted molar refractivity (Wildman–Crippen MR) is 77.9 cm³/mol. The number of carboxylic acids is 1. The van der Waals surface area contributed by atoms with Gasteiger partial charge in [0, 0.05) is 21.5 Å². The lowest BCUT2D eigenvalue weighted by Crippen LogP contribution is -2.35. The Morgan fingerprint density at radius 1 is 1.47 bits per heavy atom. The van der Waals surface area contributed by atoms with Crippen LogP contribution in [0.2, 0.25) is 5.02 Å². The van der Waals surface area contributed by atoms with Gasteiger partial charge in [0.1, 0.15) is 6.04 Å². The van der Waals surface area contributed by atoms with Crippen LogP contribution < -0.4 is 0 Å². The third-order valence-corrected chi connectivity index (χ3v) is 5.30. The van der Waals surface area contributed by atoms with Crippen molar-refractivity contribution in [2.75, 3.05) is 6.54 Å². The number of hydrogen-bond donors (Lipinski definition) is 1. The molecule has 0 spiro atoms. The molecule has 2 aromatic rings. The van der Waals surface area contributed by atoms with Crippen molar-refractivity contribution in [1.29, 1.82) is 0 Å². The quantitative estimate of drug-likeness (QED) is 0.940. The first kappa shape index (κ1) is 12.9. The van der Waals surface area contributed by atoms with Crippen LogP contribution in [0.4, 0.5) is 0 Å². The van der Waals surface area contributed by atoms with E-state index in [1.54, 1.807) is 11.3 Å². The number of benzene rings is 1. The van der Waals surface area contributed by atoms with Gasteiger partial charge >= 0.3 is 5.97 Å². The fraction of sp³-hybridized carbons (Fsp3) is 0.357. The molecule has 3 rings (SSSR count). The van der Waals surface area contributed by atoms with E-state index >= 15 is 0 Å². The van der Waals surface area contributed by atoms with Crippen LogP contribution in [-0.4, -0.2) is 28.6 Å². The van der Waals surface area contributed by atoms with E-state index in [4.69, 9.17) is 11.6 Å². The van der Waals surface area contributed by atoms with Gasteiger partial charge in [-0.25, -0.2) is 0 Å². The minimum Gasteiger partial charge on any atom is -0.480 e. The Hall–Kier alpha value is -1.10. The summed E-state index contributed by atoms with van der Waals surface area (Å²) in [6, 6.07) is 7.67. The lowest BCUT2D eigenvalue weighted by molar-refractivity contribution is -0.142. The number of carboxylic acid groups (broad SMARTS) is 1. The van der Waals surface area contributed by atoms with Gasteiger partial charge in [-0.05, 0) is 25.5 Å². The van der Waals surface area contributed by atoms with Crippen molar-refractivity contribution < 1.29 is 9.90 Å². The molecule has 1 aliphatic heterocycles. The Morgan fingerprint density at radius 2 is 2.26 bits per heavy atom. The number of nitrogens with zero attached hydrogens (tertiary/aromatic N) is 1. The number of fused-ring (bicyclic) bond motifs is 1. The molecule has 19 heavy (non-hydrogen) atoms. The maximum Gasteiger partial charge on any atom is 0.320 e. The van der Waals surface area contributed by atoms with Crippen LogP contribution in [0.15, 0.2) is 24.3 Å². The van der Waals surface area contributed by atoms with Crippen molar-refractivity contribution in [2.45, 2.75) is 25.4 Å². The van der Waals surface area contributed by atoms with Gasteiger partial charge in [-0.2, -0.15) is 0 Å². The molecule has 1 saturated heterocycles. The number of rotatable bonds is 3. The van der Waals surface area contributed by atoms with Crippen LogP contribution >= 0.6 is 22.9 Å². The molecule has 0 unspecified atom stereocenters. The van der Waals surface area contributed by atoms with Gasteiger partial charge < -0.3 is 5.11 Å². The van der Waals surface area contributed by atoms with E-state index in [1.165, 1.54) is 0 Å². The molecule has 1 fully saturated rings. The summed E-state index contributed by atoms with van der Waals surface area (Å²) in [4.78, 5) is 14.3. The second-order valence-corrected chi connectivity index (χ2v) is 6.32. The molecule has 5 heteroatoms. The molecule has 1 aliphatic rings. The van der Waals surface area contributed by atoms with Crippen molar-refractivity contribution in [3.63, 3.8) is 0 Å². The van der Waals surface area contributed by atoms with Gasteiger partial charge in [0.25, 0.3) is 0 Å². The number of hydrogen-bond acceptors (Lipinski definition) is 3. The maximum atomic E-state index is 11.2. The summed E-state index contributed by atoms with van der Waals surface area (Å²) in [5.41, 5.74) is 0. The highest BCUT2D eigenvalue weighted by molar-refractivity contribution is 7.19. The molecule has 1 N–H and O–H groups in total. The molecule has 0 amide bonds. The van der Waals surface area contributed by atoms with Crippen molar-refractivity contribution in [3.8, 4) is 0 Å². The van der Waals surface area contributed by atoms with Gasteiger partial charge in [0.05, 0.1) is 5.02 Å². The third kappa shape index (κ3) is 2.36. The molecule has 0 bridgehead atoms. The second kappa shape index (κ2) is 5.12. The average Bonchev–Trinajstić information content (AvgIpc) is 2.97. The number of thiophene rings is 1. The van der Waals surface area contributed by atoms with Crippen molar-refractivity contribution in [2.24, 2.45) is 0 Å². The number of aliphatic carboxylic acids is 1. The zero-order valence-electron chi connectivity index (χ0n) is 10.3. The van der Waals surface area contributed by atoms with E-state index in [0.29, 0.717) is 6.54 Å². The first-order valence-corrected chi connectivity index (χ1v) is 7.49. The summed E-state index contributed by atoms with van der Waals surface area (Å²) < 4.78 is 1.16. The van der Waals surface area contributed by atoms with Gasteiger partial charge in [0.15, 0.2) is 0 Å². The summed E-state index contributed by atoms with van der Waals surface area (Å²) in [6.45, 7) is 1.47. The minimum absolute atomic E-state index is 0.360. The molecule has 1 atom stereocenters. The van der Waals surface area contributed by atoms with Gasteiger partial charge in [-0.15, -0.1) is 11.3 Å². The monoisotopic (exact) mass is 295 g/mol. The van der Waals surface area contributed by atoms with Crippen LogP contribution in [0.5, 0.6) is 0 Å². The number of halogens is 1. The van der Waals surface area contributed by atoms with Crippen molar-refractivity contribution >= 4 is 39.0 Å². The summed E-state index contributed by atoms with van der Waals surface area (Å²) in [6.07, 6.45) is 1.68. The van der Waals surface area contributed by atoms with E-state index in [0.717, 1.165) is 39.4 Å². The standard InChI is InChI=1S/C14H14ClNO2S/c15-13-9-4-1-2-6-11(9)19-12(13)8-16-7-3-5-10(16)14(17)18/h1-2,4,6,10H,3,5,7-8H2,(H,17,18)/t10-/m0/s1. The summed E-state index contributed by atoms with van der Waals surface area (Å²) in [5, 5.41) is 11.0. The fourth-order valence-corrected chi connectivity index (χ4v) is 4.16. The average molecular weight is 296 g/mol. The maximum absolute atomic E-state index is 11.2. The van der Waals surface area contributed by atoms with Crippen molar-refractivity contribution in [3.05, 3.63) is 34.2 Å². The van der Waals surface area contributed by atoms with Crippen LogP contribution in [0, 0.1) is 0 Å². The van der Waals surface area contributed by atoms with Gasteiger partial charge in [0.2, 0.25) is 0 Å². The van der Waals surface area contributed by atoms with Crippen molar-refractivity contribution in [1.82, 2.24) is 4.90 Å². The molecule has 1 aromatic heterocycles. The zero-order valence-corrected chi connectivity index (χ0v) is 11.9. The number of carbonyl (C=O) groups is 1. The first-order valence-electron chi connectivity index (χ1n) is 6.29. The van der Waals surface area contributed by atoms with E-state index in [2.05, 4.69) is 0 Å². The fourth-order valence-electron chi connectivity index (χ4n) is 2.65. The highest BCUT2D eigenvalue weighted by atomic mass is 35.5. The zero-order chi connectivity index (χ0) is 13.4. The Balaban J connectivity index is 1.89. The summed E-state index contributed by atoms with van der Waals surface area (Å²) in [7, 11) is 0. The largest absolute Gasteiger partial charge is 0.480 e. The molecule has 0 aliphatic carbocycles. The molecular formula is C14H14ClNO2S. The molecule has 0 saturated carbocycles. The lowest BCUT2D eigenvalue weighted by Gasteiger charge is -2.20. The van der Waals surface area contributed by atoms with Gasteiger partial charge in [-0.3, -0.25) is 9.69 Å². The molecule has 1 aromatic carbocycles. The molecule has 100 valence electrons. The molecular weight excluding hydrogens is 282 g/mol. The second-order valence-electron chi connectivity index (χ2n) is 4.80. The minimum atomic E-state index is -0.727. The molecule has 0 radical (unpaired) electrons. The first-order chi connectivity index (χ1) is 9.16. The van der Waals surface area contributed by atoms with Crippen LogP contribution in [0.1, 0.15) is 17.7 Å². The topological polar surface area (TPSA) is 40.5 Å². The molecule has 3 nitrogen and oxygen atoms in total. The summed E-state index contributed by atoms with van der Waals surface area (Å²) >= 11 is 8.06. The predicted octanol–water partition coefficient (Wildman–Crippen LogP) is 3.60. The number of likely N-dealkylation sites (tertiary alicyclic amines) is 1. The Labute approximate surface area is 120 Å². The van der Waals surface area contributed by atoms with Crippen LogP contribution in [0.3, 0.4) is 0 Å². The van der Waals surface area contributed by atoms with E-state index in [-0.39, 0.29) is 6.04 Å². The summed E-state index contributed by atoms with van der Waals surface area (Å²) in [5.74, 6) is -0.727. The highest BCUT2D eigenvalue weighted by Gasteiger charge is 2.31. The van der Waals surface area contributed by atoms with Crippen LogP contribution in [-0.2, 0) is 11.3 Å². The Kier molecular flexibility index (Phi) is 3.48. The van der Waals surface area contributed by atoms with Crippen LogP contribution in [0.25, 0.3) is 10.1 Å². The lowest BCUT2D eigenvalue weighted by atomic mass is 10.2. The third-order valence-electron chi connectivity index (χ3n) is 3.60. The van der Waals surface area contributed by atoms with E-state index in [9.17, 15) is 9.90 Å². The SMILES string of the molecule is O=C(O)[C@@H]1CCCN1Cc1sc2ccccc2c1Cl. The van der Waals surface area contributed by atoms with E-state index < -0.39 is 5.97 Å². The van der Waals surface area contributed by atoms with Gasteiger partial charge in [-0.1, -0.05) is 29.8 Å². The Morgan fingerprint density at radius 3 is 3.00 bits per heavy atom. The normalized spacial score (nSPS) is 20.2. The van der Waals surface area contributed by atoms with E-state index in [1.807, 2.05) is 29.2 Å².